The molecule has 1 aliphatic heterocycles. The van der Waals surface area contributed by atoms with Crippen LogP contribution in [0.1, 0.15) is 27.7 Å². The molecule has 0 radical (unpaired) electrons. The van der Waals surface area contributed by atoms with Gasteiger partial charge in [0.25, 0.3) is 0 Å². The lowest BCUT2D eigenvalue weighted by Crippen LogP contribution is -2.41. The van der Waals surface area contributed by atoms with E-state index in [0.717, 1.165) is 16.4 Å². The standard InChI is InChI=1S/C14H19BN2O2/c1-13(2)14(3,4)19-15(18-13)10-7-9-5-6-17-12(9)11(16)8-10/h5-8,17H,16H2,1-4H3. The van der Waals surface area contributed by atoms with Crippen molar-refractivity contribution in [3.8, 4) is 0 Å². The molecule has 5 heteroatoms. The molecule has 4 nitrogen and oxygen atoms in total. The molecule has 0 aliphatic carbocycles. The Morgan fingerprint density at radius 3 is 2.37 bits per heavy atom. The van der Waals surface area contributed by atoms with Gasteiger partial charge >= 0.3 is 7.12 Å². The predicted molar refractivity (Wildman–Crippen MR) is 78.4 cm³/mol. The lowest BCUT2D eigenvalue weighted by molar-refractivity contribution is 0.00578. The van der Waals surface area contributed by atoms with Gasteiger partial charge in [0.15, 0.2) is 0 Å². The minimum absolute atomic E-state index is 0.334. The van der Waals surface area contributed by atoms with Crippen LogP contribution >= 0.6 is 0 Å². The van der Waals surface area contributed by atoms with Crippen molar-refractivity contribution in [2.24, 2.45) is 0 Å². The van der Waals surface area contributed by atoms with E-state index in [9.17, 15) is 0 Å². The summed E-state index contributed by atoms with van der Waals surface area (Å²) in [6.07, 6.45) is 1.88. The third-order valence-electron chi connectivity index (χ3n) is 4.24. The van der Waals surface area contributed by atoms with Crippen LogP contribution in [0, 0.1) is 0 Å². The number of nitrogen functional groups attached to an aromatic ring is 1. The van der Waals surface area contributed by atoms with Crippen LogP contribution in [0.5, 0.6) is 0 Å². The molecule has 2 aromatic rings. The van der Waals surface area contributed by atoms with Crippen molar-refractivity contribution in [3.63, 3.8) is 0 Å². The lowest BCUT2D eigenvalue weighted by Gasteiger charge is -2.32. The monoisotopic (exact) mass is 258 g/mol. The van der Waals surface area contributed by atoms with Crippen molar-refractivity contribution in [1.29, 1.82) is 0 Å². The van der Waals surface area contributed by atoms with Gasteiger partial charge in [0.05, 0.1) is 22.4 Å². The zero-order valence-corrected chi connectivity index (χ0v) is 11.8. The first-order valence-corrected chi connectivity index (χ1v) is 6.52. The van der Waals surface area contributed by atoms with Gasteiger partial charge in [0.2, 0.25) is 0 Å². The smallest absolute Gasteiger partial charge is 0.399 e. The molecule has 1 aromatic heterocycles. The Morgan fingerprint density at radius 1 is 1.11 bits per heavy atom. The van der Waals surface area contributed by atoms with Crippen molar-refractivity contribution in [3.05, 3.63) is 24.4 Å². The summed E-state index contributed by atoms with van der Waals surface area (Å²) in [5.41, 5.74) is 8.03. The zero-order valence-electron chi connectivity index (χ0n) is 11.8. The largest absolute Gasteiger partial charge is 0.494 e. The number of H-pyrrole nitrogens is 1. The number of hydrogen-bond donors (Lipinski definition) is 2. The van der Waals surface area contributed by atoms with Gasteiger partial charge in [-0.3, -0.25) is 0 Å². The van der Waals surface area contributed by atoms with Gasteiger partial charge in [-0.25, -0.2) is 0 Å². The fourth-order valence-corrected chi connectivity index (χ4v) is 2.34. The van der Waals surface area contributed by atoms with Gasteiger partial charge in [-0.2, -0.15) is 0 Å². The number of hydrogen-bond acceptors (Lipinski definition) is 3. The maximum absolute atomic E-state index is 6.06. The highest BCUT2D eigenvalue weighted by Crippen LogP contribution is 2.36. The number of aromatic amines is 1. The minimum atomic E-state index is -0.369. The second-order valence-electron chi connectivity index (χ2n) is 6.14. The Hall–Kier alpha value is -1.46. The van der Waals surface area contributed by atoms with Crippen LogP contribution in [0.4, 0.5) is 5.69 Å². The number of benzene rings is 1. The molecule has 19 heavy (non-hydrogen) atoms. The molecule has 0 atom stereocenters. The van der Waals surface area contributed by atoms with Crippen LogP contribution in [0.3, 0.4) is 0 Å². The third-order valence-corrected chi connectivity index (χ3v) is 4.24. The second kappa shape index (κ2) is 3.77. The third kappa shape index (κ3) is 1.85. The van der Waals surface area contributed by atoms with E-state index >= 15 is 0 Å². The Bertz CT molecular complexity index is 617. The minimum Gasteiger partial charge on any atom is -0.399 e. The van der Waals surface area contributed by atoms with E-state index < -0.39 is 0 Å². The van der Waals surface area contributed by atoms with E-state index in [2.05, 4.69) is 11.1 Å². The van der Waals surface area contributed by atoms with Crippen molar-refractivity contribution in [2.45, 2.75) is 38.9 Å². The number of anilines is 1. The SMILES string of the molecule is CC1(C)OB(c2cc(N)c3[nH]ccc3c2)OC1(C)C. The molecule has 2 heterocycles. The average molecular weight is 258 g/mol. The summed E-state index contributed by atoms with van der Waals surface area (Å²) in [5, 5.41) is 1.07. The first-order chi connectivity index (χ1) is 8.80. The maximum Gasteiger partial charge on any atom is 0.494 e. The van der Waals surface area contributed by atoms with Crippen LogP contribution in [-0.4, -0.2) is 23.3 Å². The molecule has 0 amide bonds. The normalized spacial score (nSPS) is 21.2. The second-order valence-corrected chi connectivity index (χ2v) is 6.14. The summed E-state index contributed by atoms with van der Waals surface area (Å²) in [6, 6.07) is 5.98. The maximum atomic E-state index is 6.06. The van der Waals surface area contributed by atoms with E-state index in [1.165, 1.54) is 0 Å². The topological polar surface area (TPSA) is 60.3 Å². The van der Waals surface area contributed by atoms with E-state index in [1.54, 1.807) is 0 Å². The Kier molecular flexibility index (Phi) is 2.50. The molecule has 1 fully saturated rings. The summed E-state index contributed by atoms with van der Waals surface area (Å²) in [6.45, 7) is 8.19. The molecule has 1 aromatic carbocycles. The first-order valence-electron chi connectivity index (χ1n) is 6.52. The highest BCUT2D eigenvalue weighted by Gasteiger charge is 2.51. The van der Waals surface area contributed by atoms with Crippen LogP contribution in [0.2, 0.25) is 0 Å². The molecule has 100 valence electrons. The van der Waals surface area contributed by atoms with Gasteiger partial charge in [0, 0.05) is 11.6 Å². The molecule has 0 saturated carbocycles. The van der Waals surface area contributed by atoms with E-state index in [0.29, 0.717) is 5.69 Å². The Morgan fingerprint density at radius 2 is 1.74 bits per heavy atom. The van der Waals surface area contributed by atoms with E-state index in [4.69, 9.17) is 15.0 Å². The molecule has 0 bridgehead atoms. The molecule has 1 saturated heterocycles. The highest BCUT2D eigenvalue weighted by atomic mass is 16.7. The summed E-state index contributed by atoms with van der Waals surface area (Å²) in [7, 11) is -0.369. The van der Waals surface area contributed by atoms with Crippen molar-refractivity contribution in [1.82, 2.24) is 4.98 Å². The van der Waals surface area contributed by atoms with Gasteiger partial charge in [0.1, 0.15) is 0 Å². The fraction of sp³-hybridized carbons (Fsp3) is 0.429. The number of nitrogens with two attached hydrogens (primary N) is 1. The summed E-state index contributed by atoms with van der Waals surface area (Å²) in [4.78, 5) is 3.13. The molecule has 0 unspecified atom stereocenters. The summed E-state index contributed by atoms with van der Waals surface area (Å²) < 4.78 is 12.1. The number of aromatic nitrogens is 1. The lowest BCUT2D eigenvalue weighted by atomic mass is 9.78. The highest BCUT2D eigenvalue weighted by molar-refractivity contribution is 6.62. The molecular weight excluding hydrogens is 239 g/mol. The van der Waals surface area contributed by atoms with Gasteiger partial charge in [-0.1, -0.05) is 6.07 Å². The first kappa shape index (κ1) is 12.6. The number of rotatable bonds is 1. The van der Waals surface area contributed by atoms with Gasteiger partial charge < -0.3 is 20.0 Å². The number of nitrogens with one attached hydrogen (secondary N) is 1. The quantitative estimate of drug-likeness (QED) is 0.608. The van der Waals surface area contributed by atoms with E-state index in [1.807, 2.05) is 46.0 Å². The predicted octanol–water partition coefficient (Wildman–Crippen LogP) is 2.05. The van der Waals surface area contributed by atoms with Crippen molar-refractivity contribution >= 4 is 29.2 Å². The summed E-state index contributed by atoms with van der Waals surface area (Å²) >= 11 is 0. The molecule has 3 N–H and O–H groups in total. The summed E-state index contributed by atoms with van der Waals surface area (Å²) in [5.74, 6) is 0. The number of fused-ring (bicyclic) bond motifs is 1. The Balaban J connectivity index is 2.02. The van der Waals surface area contributed by atoms with Gasteiger partial charge in [-0.05, 0) is 45.3 Å². The molecule has 0 spiro atoms. The van der Waals surface area contributed by atoms with Gasteiger partial charge in [-0.15, -0.1) is 0 Å². The van der Waals surface area contributed by atoms with Crippen molar-refractivity contribution in [2.75, 3.05) is 5.73 Å². The van der Waals surface area contributed by atoms with Crippen LogP contribution < -0.4 is 11.2 Å². The fourth-order valence-electron chi connectivity index (χ4n) is 2.34. The molecular formula is C14H19BN2O2. The molecule has 3 rings (SSSR count). The van der Waals surface area contributed by atoms with Crippen LogP contribution in [0.25, 0.3) is 10.9 Å². The van der Waals surface area contributed by atoms with Crippen LogP contribution in [-0.2, 0) is 9.31 Å². The zero-order chi connectivity index (χ0) is 13.8. The van der Waals surface area contributed by atoms with Crippen LogP contribution in [0.15, 0.2) is 24.4 Å². The van der Waals surface area contributed by atoms with Crippen molar-refractivity contribution < 1.29 is 9.31 Å². The van der Waals surface area contributed by atoms with E-state index in [-0.39, 0.29) is 18.3 Å². The molecule has 1 aliphatic rings. The average Bonchev–Trinajstić information content (AvgIpc) is 2.82. The Labute approximate surface area is 113 Å².